The second-order valence-electron chi connectivity index (χ2n) is 8.00. The van der Waals surface area contributed by atoms with Gasteiger partial charge in [-0.2, -0.15) is 0 Å². The predicted octanol–water partition coefficient (Wildman–Crippen LogP) is 1.07. The summed E-state index contributed by atoms with van der Waals surface area (Å²) >= 11 is 0. The molecule has 0 saturated carbocycles. The van der Waals surface area contributed by atoms with Gasteiger partial charge in [-0.05, 0) is 45.6 Å². The fourth-order valence-corrected chi connectivity index (χ4v) is 3.39. The van der Waals surface area contributed by atoms with E-state index in [1.807, 2.05) is 38.9 Å². The number of guanidine groups is 1. The molecular formula is C21H36FN5O2. The number of nitrogens with one attached hydrogen (secondary N) is 2. The van der Waals surface area contributed by atoms with Gasteiger partial charge in [-0.3, -0.25) is 9.89 Å². The van der Waals surface area contributed by atoms with E-state index in [-0.39, 0.29) is 18.4 Å². The van der Waals surface area contributed by atoms with E-state index in [0.717, 1.165) is 18.7 Å². The van der Waals surface area contributed by atoms with Gasteiger partial charge in [0.2, 0.25) is 0 Å². The molecule has 1 heterocycles. The molecule has 29 heavy (non-hydrogen) atoms. The van der Waals surface area contributed by atoms with Crippen molar-refractivity contribution in [3.8, 4) is 0 Å². The quantitative estimate of drug-likeness (QED) is 0.419. The van der Waals surface area contributed by atoms with Crippen LogP contribution in [0.25, 0.3) is 0 Å². The van der Waals surface area contributed by atoms with Crippen LogP contribution in [0.2, 0.25) is 0 Å². The van der Waals surface area contributed by atoms with Gasteiger partial charge in [-0.25, -0.2) is 4.39 Å². The smallest absolute Gasteiger partial charge is 0.191 e. The van der Waals surface area contributed by atoms with Crippen molar-refractivity contribution in [2.24, 2.45) is 4.99 Å². The van der Waals surface area contributed by atoms with Crippen LogP contribution in [0.1, 0.15) is 25.5 Å². The lowest BCUT2D eigenvalue weighted by atomic mass is 10.1. The van der Waals surface area contributed by atoms with Crippen molar-refractivity contribution in [2.45, 2.75) is 25.5 Å². The summed E-state index contributed by atoms with van der Waals surface area (Å²) in [6, 6.07) is 6.65. The molecule has 8 heteroatoms. The molecule has 0 spiro atoms. The summed E-state index contributed by atoms with van der Waals surface area (Å²) in [5, 5.41) is 17.3. The molecule has 1 aliphatic heterocycles. The SMILES string of the molecule is CCNC(=NCC(C)(O)CN1CCOCC1)NCC(c1cccc(F)c1)N(C)C. The standard InChI is InChI=1S/C21H36FN5O2/c1-5-23-20(25-15-21(2,28)16-27-9-11-29-12-10-27)24-14-19(26(3)4)17-7-6-8-18(22)13-17/h6-8,13,19,28H,5,9-12,14-16H2,1-4H3,(H2,23,24,25). The first-order valence-electron chi connectivity index (χ1n) is 10.3. The van der Waals surface area contributed by atoms with Crippen LogP contribution in [0.4, 0.5) is 4.39 Å². The molecule has 1 aromatic carbocycles. The van der Waals surface area contributed by atoms with Crippen molar-refractivity contribution in [1.82, 2.24) is 20.4 Å². The highest BCUT2D eigenvalue weighted by Gasteiger charge is 2.25. The Morgan fingerprint density at radius 2 is 2.07 bits per heavy atom. The normalized spacial score (nSPS) is 19.1. The van der Waals surface area contributed by atoms with Gasteiger partial charge in [0.15, 0.2) is 5.96 Å². The minimum Gasteiger partial charge on any atom is -0.387 e. The molecule has 0 aliphatic carbocycles. The molecule has 3 N–H and O–H groups in total. The molecule has 0 aromatic heterocycles. The summed E-state index contributed by atoms with van der Waals surface area (Å²) in [5.41, 5.74) is -0.0268. The Morgan fingerprint density at radius 3 is 2.69 bits per heavy atom. The van der Waals surface area contributed by atoms with Gasteiger partial charge in [0.1, 0.15) is 5.82 Å². The molecular weight excluding hydrogens is 373 g/mol. The number of hydrogen-bond donors (Lipinski definition) is 3. The molecule has 1 fully saturated rings. The predicted molar refractivity (Wildman–Crippen MR) is 115 cm³/mol. The van der Waals surface area contributed by atoms with E-state index < -0.39 is 5.60 Å². The Kier molecular flexibility index (Phi) is 9.29. The molecule has 0 radical (unpaired) electrons. The highest BCUT2D eigenvalue weighted by Crippen LogP contribution is 2.18. The van der Waals surface area contributed by atoms with Crippen molar-refractivity contribution < 1.29 is 14.2 Å². The number of β-amino-alcohol motifs (C(OH)–C–C–N with tert-alkyl or cyclic N) is 1. The fourth-order valence-electron chi connectivity index (χ4n) is 3.39. The third-order valence-electron chi connectivity index (χ3n) is 4.91. The molecule has 0 amide bonds. The Bertz CT molecular complexity index is 648. The number of rotatable bonds is 9. The van der Waals surface area contributed by atoms with Crippen molar-refractivity contribution in [2.75, 3.05) is 66.6 Å². The topological polar surface area (TPSA) is 72.4 Å². The highest BCUT2D eigenvalue weighted by atomic mass is 19.1. The zero-order chi connectivity index (χ0) is 21.3. The molecule has 2 rings (SSSR count). The van der Waals surface area contributed by atoms with E-state index in [9.17, 15) is 9.50 Å². The lowest BCUT2D eigenvalue weighted by Crippen LogP contribution is -2.48. The molecule has 2 atom stereocenters. The molecule has 7 nitrogen and oxygen atoms in total. The molecule has 164 valence electrons. The maximum atomic E-state index is 13.6. The van der Waals surface area contributed by atoms with Crippen LogP contribution in [0.5, 0.6) is 0 Å². The minimum atomic E-state index is -0.927. The summed E-state index contributed by atoms with van der Waals surface area (Å²) in [5.74, 6) is 0.395. The first-order chi connectivity index (χ1) is 13.8. The zero-order valence-electron chi connectivity index (χ0n) is 18.1. The molecule has 1 aliphatic rings. The van der Waals surface area contributed by atoms with Crippen molar-refractivity contribution >= 4 is 5.96 Å². The summed E-state index contributed by atoms with van der Waals surface area (Å²) in [6.07, 6.45) is 0. The van der Waals surface area contributed by atoms with Crippen LogP contribution >= 0.6 is 0 Å². The average molecular weight is 410 g/mol. The van der Waals surface area contributed by atoms with Gasteiger partial charge < -0.3 is 25.4 Å². The van der Waals surface area contributed by atoms with Crippen molar-refractivity contribution in [3.05, 3.63) is 35.6 Å². The average Bonchev–Trinajstić information content (AvgIpc) is 2.66. The number of aliphatic hydroxyl groups is 1. The highest BCUT2D eigenvalue weighted by molar-refractivity contribution is 5.79. The summed E-state index contributed by atoms with van der Waals surface area (Å²) in [7, 11) is 3.93. The molecule has 0 bridgehead atoms. The van der Waals surface area contributed by atoms with Crippen LogP contribution in [0.15, 0.2) is 29.3 Å². The van der Waals surface area contributed by atoms with Gasteiger partial charge in [-0.15, -0.1) is 0 Å². The van der Waals surface area contributed by atoms with Gasteiger partial charge in [0.05, 0.1) is 31.4 Å². The third kappa shape index (κ3) is 8.26. The van der Waals surface area contributed by atoms with E-state index in [1.54, 1.807) is 12.1 Å². The van der Waals surface area contributed by atoms with Crippen molar-refractivity contribution in [1.29, 1.82) is 0 Å². The Hall–Kier alpha value is -1.74. The fraction of sp³-hybridized carbons (Fsp3) is 0.667. The number of morpholine rings is 1. The number of likely N-dealkylation sites (N-methyl/N-ethyl adjacent to an activating group) is 1. The maximum absolute atomic E-state index is 13.6. The van der Waals surface area contributed by atoms with Crippen LogP contribution in [-0.2, 0) is 4.74 Å². The first-order valence-corrected chi connectivity index (χ1v) is 10.3. The van der Waals surface area contributed by atoms with Crippen LogP contribution < -0.4 is 10.6 Å². The summed E-state index contributed by atoms with van der Waals surface area (Å²) in [4.78, 5) is 8.83. The number of nitrogens with zero attached hydrogens (tertiary/aromatic N) is 3. The van der Waals surface area contributed by atoms with Gasteiger partial charge in [0.25, 0.3) is 0 Å². The lowest BCUT2D eigenvalue weighted by Gasteiger charge is -2.33. The Labute approximate surface area is 173 Å². The minimum absolute atomic E-state index is 0.0107. The summed E-state index contributed by atoms with van der Waals surface area (Å²) in [6.45, 7) is 8.99. The second-order valence-corrected chi connectivity index (χ2v) is 8.00. The molecule has 2 unspecified atom stereocenters. The largest absolute Gasteiger partial charge is 0.387 e. The number of halogens is 1. The second kappa shape index (κ2) is 11.4. The number of ether oxygens (including phenoxy) is 1. The van der Waals surface area contributed by atoms with Crippen LogP contribution in [0.3, 0.4) is 0 Å². The molecule has 1 aromatic rings. The lowest BCUT2D eigenvalue weighted by molar-refractivity contribution is -0.0180. The monoisotopic (exact) mass is 409 g/mol. The number of benzene rings is 1. The molecule has 1 saturated heterocycles. The van der Waals surface area contributed by atoms with E-state index in [1.165, 1.54) is 6.07 Å². The van der Waals surface area contributed by atoms with Gasteiger partial charge in [-0.1, -0.05) is 12.1 Å². The summed E-state index contributed by atoms with van der Waals surface area (Å²) < 4.78 is 19.0. The van der Waals surface area contributed by atoms with E-state index >= 15 is 0 Å². The maximum Gasteiger partial charge on any atom is 0.191 e. The first kappa shape index (κ1) is 23.5. The number of hydrogen-bond acceptors (Lipinski definition) is 5. The van der Waals surface area contributed by atoms with Crippen molar-refractivity contribution in [3.63, 3.8) is 0 Å². The van der Waals surface area contributed by atoms with Gasteiger partial charge in [0, 0.05) is 32.7 Å². The Balaban J connectivity index is 1.97. The number of aliphatic imine (C=N–C) groups is 1. The third-order valence-corrected chi connectivity index (χ3v) is 4.91. The Morgan fingerprint density at radius 1 is 1.34 bits per heavy atom. The van der Waals surface area contributed by atoms with E-state index in [4.69, 9.17) is 4.74 Å². The van der Waals surface area contributed by atoms with Crippen LogP contribution in [-0.4, -0.2) is 93.0 Å². The van der Waals surface area contributed by atoms with E-state index in [2.05, 4.69) is 20.5 Å². The zero-order valence-corrected chi connectivity index (χ0v) is 18.1. The van der Waals surface area contributed by atoms with Crippen LogP contribution in [0, 0.1) is 5.82 Å². The van der Waals surface area contributed by atoms with Gasteiger partial charge >= 0.3 is 0 Å². The van der Waals surface area contributed by atoms with E-state index in [0.29, 0.717) is 38.8 Å².